The Labute approximate surface area is 173 Å². The van der Waals surface area contributed by atoms with Crippen LogP contribution in [0.15, 0.2) is 58.3 Å². The van der Waals surface area contributed by atoms with Crippen LogP contribution in [0.3, 0.4) is 0 Å². The zero-order valence-corrected chi connectivity index (χ0v) is 17.1. The van der Waals surface area contributed by atoms with Crippen molar-refractivity contribution in [2.24, 2.45) is 0 Å². The molecule has 0 saturated carbocycles. The largest absolute Gasteiger partial charge is 0.349 e. The minimum atomic E-state index is -0.00948. The van der Waals surface area contributed by atoms with Crippen LogP contribution in [0.4, 0.5) is 11.4 Å². The fourth-order valence-electron chi connectivity index (χ4n) is 3.31. The van der Waals surface area contributed by atoms with Crippen LogP contribution in [0.2, 0.25) is 0 Å². The molecule has 2 heterocycles. The molecule has 8 heteroatoms. The fourth-order valence-corrected chi connectivity index (χ4v) is 4.69. The van der Waals surface area contributed by atoms with E-state index in [1.165, 1.54) is 9.79 Å². The molecule has 0 fully saturated rings. The fraction of sp³-hybridized carbons (Fsp3) is 0.250. The maximum atomic E-state index is 12.5. The summed E-state index contributed by atoms with van der Waals surface area (Å²) >= 11 is 6.95. The third kappa shape index (κ3) is 3.70. The van der Waals surface area contributed by atoms with Crippen LogP contribution in [0.5, 0.6) is 0 Å². The summed E-state index contributed by atoms with van der Waals surface area (Å²) in [6.07, 6.45) is 0.393. The average Bonchev–Trinajstić information content (AvgIpc) is 3.09. The summed E-state index contributed by atoms with van der Waals surface area (Å²) < 4.78 is 2.45. The number of carbonyl (C=O) groups is 1. The van der Waals surface area contributed by atoms with Gasteiger partial charge < -0.3 is 14.8 Å². The topological polar surface area (TPSA) is 66.0 Å². The summed E-state index contributed by atoms with van der Waals surface area (Å²) in [5.41, 5.74) is 2.29. The Kier molecular flexibility index (Phi) is 5.50. The minimum absolute atomic E-state index is 0.00948. The summed E-state index contributed by atoms with van der Waals surface area (Å²) in [4.78, 5) is 17.1. The van der Waals surface area contributed by atoms with Crippen molar-refractivity contribution in [2.45, 2.75) is 36.2 Å². The van der Waals surface area contributed by atoms with E-state index in [4.69, 9.17) is 12.2 Å². The zero-order chi connectivity index (χ0) is 19.5. The number of nitrogens with zero attached hydrogens (tertiary/aromatic N) is 3. The molecule has 4 rings (SSSR count). The number of carbonyl (C=O) groups excluding carboxylic acids is 1. The molecule has 0 unspecified atom stereocenters. The first-order valence-electron chi connectivity index (χ1n) is 9.21. The van der Waals surface area contributed by atoms with Gasteiger partial charge in [0, 0.05) is 29.3 Å². The molecule has 1 amide bonds. The number of hydrogen-bond acceptors (Lipinski definition) is 5. The molecule has 0 atom stereocenters. The second-order valence-corrected chi connectivity index (χ2v) is 7.88. The lowest BCUT2D eigenvalue weighted by atomic mass is 10.2. The third-order valence-corrected chi connectivity index (χ3v) is 6.13. The normalized spacial score (nSPS) is 12.4. The third-order valence-electron chi connectivity index (χ3n) is 4.69. The van der Waals surface area contributed by atoms with Gasteiger partial charge in [0.05, 0.1) is 17.9 Å². The highest BCUT2D eigenvalue weighted by Crippen LogP contribution is 2.47. The van der Waals surface area contributed by atoms with Gasteiger partial charge in [-0.15, -0.1) is 0 Å². The van der Waals surface area contributed by atoms with E-state index in [-0.39, 0.29) is 5.91 Å². The quantitative estimate of drug-likeness (QED) is 0.593. The van der Waals surface area contributed by atoms with E-state index in [1.807, 2.05) is 35.8 Å². The highest BCUT2D eigenvalue weighted by Gasteiger charge is 2.23. The molecule has 1 aliphatic heterocycles. The number of para-hydroxylation sites is 2. The van der Waals surface area contributed by atoms with Gasteiger partial charge in [0.15, 0.2) is 10.6 Å². The van der Waals surface area contributed by atoms with E-state index in [0.717, 1.165) is 23.7 Å². The second-order valence-electron chi connectivity index (χ2n) is 6.41. The first-order chi connectivity index (χ1) is 13.7. The number of nitrogens with one attached hydrogen (secondary N) is 2. The summed E-state index contributed by atoms with van der Waals surface area (Å²) in [6.45, 7) is 3.70. The number of fused-ring (bicyclic) bond motifs is 2. The number of aromatic amines is 1. The maximum absolute atomic E-state index is 12.5. The Bertz CT molecular complexity index is 1010. The van der Waals surface area contributed by atoms with Gasteiger partial charge in [-0.1, -0.05) is 36.0 Å². The highest BCUT2D eigenvalue weighted by molar-refractivity contribution is 7.99. The molecule has 0 spiro atoms. The molecule has 3 aromatic rings. The molecule has 2 N–H and O–H groups in total. The lowest BCUT2D eigenvalue weighted by Gasteiger charge is -2.32. The van der Waals surface area contributed by atoms with Crippen LogP contribution in [0, 0.1) is 4.77 Å². The molecule has 0 saturated heterocycles. The SMILES string of the molecule is CCn1c(CNC(=O)CCN2c3ccccc3Sc3ccccc32)n[nH]c1=S. The van der Waals surface area contributed by atoms with Crippen molar-refractivity contribution < 1.29 is 4.79 Å². The summed E-state index contributed by atoms with van der Waals surface area (Å²) in [5, 5.41) is 9.91. The summed E-state index contributed by atoms with van der Waals surface area (Å²) in [5.74, 6) is 0.732. The molecule has 0 bridgehead atoms. The summed E-state index contributed by atoms with van der Waals surface area (Å²) in [6, 6.07) is 16.6. The van der Waals surface area contributed by atoms with Gasteiger partial charge in [-0.05, 0) is 43.4 Å². The molecular weight excluding hydrogens is 390 g/mol. The minimum Gasteiger partial charge on any atom is -0.349 e. The van der Waals surface area contributed by atoms with Crippen LogP contribution in [-0.4, -0.2) is 27.2 Å². The van der Waals surface area contributed by atoms with E-state index in [9.17, 15) is 4.79 Å². The number of amides is 1. The second kappa shape index (κ2) is 8.20. The van der Waals surface area contributed by atoms with Crippen molar-refractivity contribution >= 4 is 41.3 Å². The molecular formula is C20H21N5OS2. The standard InChI is InChI=1S/C20H21N5OS2/c1-2-24-18(22-23-20(24)27)13-21-19(26)11-12-25-14-7-3-5-9-16(14)28-17-10-6-4-8-15(17)25/h3-10H,2,11-13H2,1H3,(H,21,26)(H,23,27). The molecule has 144 valence electrons. The first-order valence-corrected chi connectivity index (χ1v) is 10.4. The number of rotatable bonds is 6. The van der Waals surface area contributed by atoms with Crippen molar-refractivity contribution in [1.29, 1.82) is 0 Å². The highest BCUT2D eigenvalue weighted by atomic mass is 32.2. The van der Waals surface area contributed by atoms with Crippen LogP contribution in [-0.2, 0) is 17.9 Å². The van der Waals surface area contributed by atoms with Gasteiger partial charge in [-0.3, -0.25) is 9.89 Å². The van der Waals surface area contributed by atoms with Gasteiger partial charge >= 0.3 is 0 Å². The number of H-pyrrole nitrogens is 1. The van der Waals surface area contributed by atoms with Crippen molar-refractivity contribution in [3.8, 4) is 0 Å². The van der Waals surface area contributed by atoms with Crippen molar-refractivity contribution in [3.05, 3.63) is 59.1 Å². The molecule has 28 heavy (non-hydrogen) atoms. The van der Waals surface area contributed by atoms with Crippen molar-refractivity contribution in [1.82, 2.24) is 20.1 Å². The van der Waals surface area contributed by atoms with Crippen LogP contribution in [0.1, 0.15) is 19.2 Å². The van der Waals surface area contributed by atoms with Crippen LogP contribution < -0.4 is 10.2 Å². The lowest BCUT2D eigenvalue weighted by Crippen LogP contribution is -2.30. The van der Waals surface area contributed by atoms with E-state index in [2.05, 4.69) is 44.7 Å². The number of aromatic nitrogens is 3. The molecule has 1 aliphatic rings. The Hall–Kier alpha value is -2.58. The predicted octanol–water partition coefficient (Wildman–Crippen LogP) is 4.27. The first kappa shape index (κ1) is 18.8. The Morgan fingerprint density at radius 2 is 1.79 bits per heavy atom. The molecule has 0 aliphatic carbocycles. The number of anilines is 2. The maximum Gasteiger partial charge on any atom is 0.222 e. The Balaban J connectivity index is 1.45. The molecule has 2 aromatic carbocycles. The van der Waals surface area contributed by atoms with Crippen molar-refractivity contribution in [2.75, 3.05) is 11.4 Å². The van der Waals surface area contributed by atoms with E-state index < -0.39 is 0 Å². The Morgan fingerprint density at radius 1 is 1.14 bits per heavy atom. The van der Waals surface area contributed by atoms with Gasteiger partial charge in [-0.2, -0.15) is 5.10 Å². The van der Waals surface area contributed by atoms with Gasteiger partial charge in [0.1, 0.15) is 0 Å². The van der Waals surface area contributed by atoms with Crippen LogP contribution >= 0.6 is 24.0 Å². The Morgan fingerprint density at radius 3 is 2.43 bits per heavy atom. The zero-order valence-electron chi connectivity index (χ0n) is 15.5. The van der Waals surface area contributed by atoms with Crippen molar-refractivity contribution in [3.63, 3.8) is 0 Å². The van der Waals surface area contributed by atoms with Gasteiger partial charge in [0.25, 0.3) is 0 Å². The average molecular weight is 412 g/mol. The molecule has 6 nitrogen and oxygen atoms in total. The smallest absolute Gasteiger partial charge is 0.222 e. The van der Waals surface area contributed by atoms with Gasteiger partial charge in [0.2, 0.25) is 5.91 Å². The monoisotopic (exact) mass is 411 g/mol. The number of benzene rings is 2. The van der Waals surface area contributed by atoms with E-state index >= 15 is 0 Å². The van der Waals surface area contributed by atoms with E-state index in [0.29, 0.717) is 24.3 Å². The summed E-state index contributed by atoms with van der Waals surface area (Å²) in [7, 11) is 0. The van der Waals surface area contributed by atoms with Crippen LogP contribution in [0.25, 0.3) is 0 Å². The molecule has 0 radical (unpaired) electrons. The predicted molar refractivity (Wildman–Crippen MR) is 114 cm³/mol. The lowest BCUT2D eigenvalue weighted by molar-refractivity contribution is -0.121. The van der Waals surface area contributed by atoms with Gasteiger partial charge in [-0.25, -0.2) is 0 Å². The number of hydrogen-bond donors (Lipinski definition) is 2. The van der Waals surface area contributed by atoms with E-state index in [1.54, 1.807) is 11.8 Å². The molecule has 1 aromatic heterocycles.